The van der Waals surface area contributed by atoms with Gasteiger partial charge in [-0.25, -0.2) is 0 Å². The Morgan fingerprint density at radius 1 is 1.56 bits per heavy atom. The van der Waals surface area contributed by atoms with Gasteiger partial charge in [-0.3, -0.25) is 4.79 Å². The van der Waals surface area contributed by atoms with E-state index in [9.17, 15) is 9.90 Å². The lowest BCUT2D eigenvalue weighted by molar-refractivity contribution is -0.142. The van der Waals surface area contributed by atoms with E-state index in [2.05, 4.69) is 10.6 Å². The second kappa shape index (κ2) is 6.52. The lowest BCUT2D eigenvalue weighted by atomic mass is 9.69. The molecule has 104 valence electrons. The molecule has 18 heavy (non-hydrogen) atoms. The normalized spacial score (nSPS) is 31.6. The van der Waals surface area contributed by atoms with Crippen molar-refractivity contribution in [3.63, 3.8) is 0 Å². The molecule has 0 unspecified atom stereocenters. The molecule has 0 aliphatic carbocycles. The Kier molecular flexibility index (Phi) is 5.59. The molecular formula is C11H23BN2O4. The standard InChI is InChI=1S/C11H23BN2O4/c1-11(4-3-5-12(17)18)8(6-13-2)7-14-9(11)10(15)16/h8-9,13-14,17-18H,3-7H2,1-2H3,(H,15,16)/t8-,9+,11+/m0/s1. The summed E-state index contributed by atoms with van der Waals surface area (Å²) in [4.78, 5) is 11.3. The van der Waals surface area contributed by atoms with Crippen LogP contribution in [0.1, 0.15) is 19.8 Å². The van der Waals surface area contributed by atoms with E-state index in [1.807, 2.05) is 14.0 Å². The van der Waals surface area contributed by atoms with Gasteiger partial charge >= 0.3 is 13.1 Å². The average Bonchev–Trinajstić information content (AvgIpc) is 2.57. The third kappa shape index (κ3) is 3.44. The van der Waals surface area contributed by atoms with Gasteiger partial charge < -0.3 is 25.8 Å². The lowest BCUT2D eigenvalue weighted by Gasteiger charge is -2.34. The molecule has 1 rings (SSSR count). The van der Waals surface area contributed by atoms with Crippen molar-refractivity contribution >= 4 is 13.1 Å². The lowest BCUT2D eigenvalue weighted by Crippen LogP contribution is -2.44. The van der Waals surface area contributed by atoms with Crippen LogP contribution in [0, 0.1) is 11.3 Å². The number of rotatable bonds is 7. The highest BCUT2D eigenvalue weighted by molar-refractivity contribution is 6.40. The molecule has 0 spiro atoms. The van der Waals surface area contributed by atoms with Crippen LogP contribution in [0.3, 0.4) is 0 Å². The summed E-state index contributed by atoms with van der Waals surface area (Å²) in [6, 6.07) is -0.563. The minimum absolute atomic E-state index is 0.236. The molecule has 7 heteroatoms. The second-order valence-corrected chi connectivity index (χ2v) is 5.31. The fourth-order valence-corrected chi connectivity index (χ4v) is 2.90. The first-order valence-electron chi connectivity index (χ1n) is 6.38. The van der Waals surface area contributed by atoms with Gasteiger partial charge in [0, 0.05) is 6.54 Å². The Hall–Kier alpha value is -0.625. The average molecular weight is 258 g/mol. The van der Waals surface area contributed by atoms with Gasteiger partial charge in [0.2, 0.25) is 0 Å². The Balaban J connectivity index is 2.69. The molecule has 0 saturated carbocycles. The molecule has 3 atom stereocenters. The molecule has 1 heterocycles. The van der Waals surface area contributed by atoms with Crippen LogP contribution in [0.2, 0.25) is 6.32 Å². The summed E-state index contributed by atoms with van der Waals surface area (Å²) in [5.74, 6) is -0.597. The van der Waals surface area contributed by atoms with E-state index in [0.717, 1.165) is 6.54 Å². The van der Waals surface area contributed by atoms with E-state index in [4.69, 9.17) is 10.0 Å². The molecule has 0 aromatic rings. The topological polar surface area (TPSA) is 102 Å². The van der Waals surface area contributed by atoms with Crippen molar-refractivity contribution in [3.8, 4) is 0 Å². The maximum atomic E-state index is 11.3. The minimum Gasteiger partial charge on any atom is -0.480 e. The van der Waals surface area contributed by atoms with Crippen LogP contribution in [-0.4, -0.2) is 54.4 Å². The fourth-order valence-electron chi connectivity index (χ4n) is 2.90. The van der Waals surface area contributed by atoms with Crippen LogP contribution in [0.4, 0.5) is 0 Å². The quantitative estimate of drug-likeness (QED) is 0.381. The molecule has 0 aromatic carbocycles. The van der Waals surface area contributed by atoms with Gasteiger partial charge in [-0.05, 0) is 37.7 Å². The van der Waals surface area contributed by atoms with Crippen LogP contribution >= 0.6 is 0 Å². The van der Waals surface area contributed by atoms with E-state index >= 15 is 0 Å². The van der Waals surface area contributed by atoms with Crippen LogP contribution in [0.25, 0.3) is 0 Å². The van der Waals surface area contributed by atoms with Gasteiger partial charge in [-0.1, -0.05) is 13.3 Å². The fraction of sp³-hybridized carbons (Fsp3) is 0.909. The number of carboxylic acids is 1. The largest absolute Gasteiger partial charge is 0.480 e. The Morgan fingerprint density at radius 3 is 2.72 bits per heavy atom. The summed E-state index contributed by atoms with van der Waals surface area (Å²) in [6.45, 7) is 3.41. The molecule has 1 fully saturated rings. The number of hydrogen-bond donors (Lipinski definition) is 5. The van der Waals surface area contributed by atoms with Crippen molar-refractivity contribution in [1.82, 2.24) is 10.6 Å². The first-order valence-corrected chi connectivity index (χ1v) is 6.38. The number of aliphatic carboxylic acids is 1. The van der Waals surface area contributed by atoms with Crippen LogP contribution < -0.4 is 10.6 Å². The van der Waals surface area contributed by atoms with Crippen molar-refractivity contribution in [2.24, 2.45) is 11.3 Å². The number of nitrogens with one attached hydrogen (secondary N) is 2. The highest BCUT2D eigenvalue weighted by Gasteiger charge is 2.49. The van der Waals surface area contributed by atoms with Crippen molar-refractivity contribution in [3.05, 3.63) is 0 Å². The first kappa shape index (κ1) is 15.4. The molecule has 0 bridgehead atoms. The molecule has 0 radical (unpaired) electrons. The first-order chi connectivity index (χ1) is 8.41. The number of carbonyl (C=O) groups is 1. The van der Waals surface area contributed by atoms with Gasteiger partial charge in [-0.2, -0.15) is 0 Å². The Bertz CT molecular complexity index is 290. The third-order valence-electron chi connectivity index (χ3n) is 4.04. The van der Waals surface area contributed by atoms with Crippen molar-refractivity contribution in [1.29, 1.82) is 0 Å². The molecule has 0 aromatic heterocycles. The van der Waals surface area contributed by atoms with E-state index in [1.165, 1.54) is 0 Å². The zero-order valence-electron chi connectivity index (χ0n) is 11.0. The maximum absolute atomic E-state index is 11.3. The summed E-state index contributed by atoms with van der Waals surface area (Å²) >= 11 is 0. The zero-order chi connectivity index (χ0) is 13.8. The van der Waals surface area contributed by atoms with Gasteiger partial charge in [0.25, 0.3) is 0 Å². The highest BCUT2D eigenvalue weighted by Crippen LogP contribution is 2.40. The van der Waals surface area contributed by atoms with Crippen LogP contribution in [-0.2, 0) is 4.79 Å². The molecule has 1 saturated heterocycles. The maximum Gasteiger partial charge on any atom is 0.451 e. The van der Waals surface area contributed by atoms with Crippen molar-refractivity contribution < 1.29 is 19.9 Å². The van der Waals surface area contributed by atoms with Crippen LogP contribution in [0.15, 0.2) is 0 Å². The van der Waals surface area contributed by atoms with Crippen molar-refractivity contribution in [2.45, 2.75) is 32.1 Å². The SMILES string of the molecule is CNC[C@H]1CN[C@H](C(=O)O)[C@]1(C)CCCB(O)O. The summed E-state index contributed by atoms with van der Waals surface area (Å²) in [7, 11) is 0.542. The molecular weight excluding hydrogens is 235 g/mol. The number of carboxylic acid groups (broad SMARTS) is 1. The predicted molar refractivity (Wildman–Crippen MR) is 69.2 cm³/mol. The third-order valence-corrected chi connectivity index (χ3v) is 4.04. The summed E-state index contributed by atoms with van der Waals surface area (Å²) in [5.41, 5.74) is -0.357. The summed E-state index contributed by atoms with van der Waals surface area (Å²) in [5, 5.41) is 33.1. The van der Waals surface area contributed by atoms with Crippen LogP contribution in [0.5, 0.6) is 0 Å². The molecule has 0 amide bonds. The second-order valence-electron chi connectivity index (χ2n) is 5.31. The molecule has 6 nitrogen and oxygen atoms in total. The molecule has 1 aliphatic rings. The predicted octanol–water partition coefficient (Wildman–Crippen LogP) is -0.862. The Labute approximate surface area is 108 Å². The summed E-state index contributed by atoms with van der Waals surface area (Å²) in [6.07, 6.45) is 1.56. The highest BCUT2D eigenvalue weighted by atomic mass is 16.4. The van der Waals surface area contributed by atoms with E-state index in [-0.39, 0.29) is 17.7 Å². The monoisotopic (exact) mass is 258 g/mol. The smallest absolute Gasteiger partial charge is 0.451 e. The zero-order valence-corrected chi connectivity index (χ0v) is 11.0. The van der Waals surface area contributed by atoms with Gasteiger partial charge in [-0.15, -0.1) is 0 Å². The van der Waals surface area contributed by atoms with E-state index in [1.54, 1.807) is 0 Å². The van der Waals surface area contributed by atoms with Gasteiger partial charge in [0.15, 0.2) is 0 Å². The Morgan fingerprint density at radius 2 is 2.22 bits per heavy atom. The van der Waals surface area contributed by atoms with Crippen molar-refractivity contribution in [2.75, 3.05) is 20.1 Å². The number of hydrogen-bond acceptors (Lipinski definition) is 5. The summed E-state index contributed by atoms with van der Waals surface area (Å²) < 4.78 is 0. The van der Waals surface area contributed by atoms with Gasteiger partial charge in [0.05, 0.1) is 0 Å². The van der Waals surface area contributed by atoms with Gasteiger partial charge in [0.1, 0.15) is 6.04 Å². The van der Waals surface area contributed by atoms with E-state index < -0.39 is 19.1 Å². The molecule has 1 aliphatic heterocycles. The molecule has 5 N–H and O–H groups in total. The minimum atomic E-state index is -1.31. The van der Waals surface area contributed by atoms with E-state index in [0.29, 0.717) is 19.4 Å².